The van der Waals surface area contributed by atoms with Crippen LogP contribution in [0, 0.1) is 0 Å². The Balaban J connectivity index is 3.32. The zero-order valence-corrected chi connectivity index (χ0v) is 8.94. The second-order valence-corrected chi connectivity index (χ2v) is 3.01. The maximum absolute atomic E-state index is 11.3. The van der Waals surface area contributed by atoms with E-state index in [4.69, 9.17) is 11.5 Å². The minimum atomic E-state index is -0.636. The Kier molecular flexibility index (Phi) is 3.34. The average Bonchev–Trinajstić information content (AvgIpc) is 2.27. The molecule has 0 radical (unpaired) electrons. The predicted octanol–water partition coefficient (Wildman–Crippen LogP) is 0.424. The van der Waals surface area contributed by atoms with E-state index in [-0.39, 0.29) is 22.5 Å². The molecule has 0 saturated heterocycles. The zero-order chi connectivity index (χ0) is 12.3. The molecule has 0 heterocycles. The highest BCUT2D eigenvalue weighted by Crippen LogP contribution is 2.22. The van der Waals surface area contributed by atoms with Crippen molar-refractivity contribution in [3.63, 3.8) is 0 Å². The predicted molar refractivity (Wildman–Crippen MR) is 57.9 cm³/mol. The molecule has 1 aromatic rings. The molecule has 6 nitrogen and oxygen atoms in total. The number of anilines is 2. The van der Waals surface area contributed by atoms with Crippen molar-refractivity contribution in [1.29, 1.82) is 0 Å². The van der Waals surface area contributed by atoms with Crippen LogP contribution < -0.4 is 11.5 Å². The van der Waals surface area contributed by atoms with Gasteiger partial charge in [-0.2, -0.15) is 0 Å². The fourth-order valence-electron chi connectivity index (χ4n) is 1.21. The standard InChI is InChI=1S/C10H12N2O4/c1-15-9(13)5-3-6(10(14)16-2)8(12)4-7(5)11/h3-4H,11-12H2,1-2H3. The van der Waals surface area contributed by atoms with E-state index in [1.165, 1.54) is 26.4 Å². The number of carbonyl (C=O) groups excluding carboxylic acids is 2. The van der Waals surface area contributed by atoms with Crippen LogP contribution in [0.25, 0.3) is 0 Å². The molecule has 1 rings (SSSR count). The topological polar surface area (TPSA) is 105 Å². The molecule has 0 bridgehead atoms. The molecule has 1 aromatic carbocycles. The van der Waals surface area contributed by atoms with Crippen molar-refractivity contribution in [3.8, 4) is 0 Å². The Hall–Kier alpha value is -2.24. The smallest absolute Gasteiger partial charge is 0.339 e. The van der Waals surface area contributed by atoms with Gasteiger partial charge in [0.05, 0.1) is 25.3 Å². The third-order valence-corrected chi connectivity index (χ3v) is 2.03. The number of benzene rings is 1. The number of hydrogen-bond acceptors (Lipinski definition) is 6. The van der Waals surface area contributed by atoms with E-state index in [9.17, 15) is 9.59 Å². The van der Waals surface area contributed by atoms with Crippen molar-refractivity contribution in [1.82, 2.24) is 0 Å². The Morgan fingerprint density at radius 1 is 0.938 bits per heavy atom. The molecule has 0 atom stereocenters. The van der Waals surface area contributed by atoms with Crippen molar-refractivity contribution in [2.24, 2.45) is 0 Å². The maximum Gasteiger partial charge on any atom is 0.339 e. The fraction of sp³-hybridized carbons (Fsp3) is 0.200. The summed E-state index contributed by atoms with van der Waals surface area (Å²) in [6.45, 7) is 0. The van der Waals surface area contributed by atoms with Gasteiger partial charge in [0.1, 0.15) is 0 Å². The average molecular weight is 224 g/mol. The van der Waals surface area contributed by atoms with Gasteiger partial charge in [-0.15, -0.1) is 0 Å². The number of methoxy groups -OCH3 is 2. The van der Waals surface area contributed by atoms with Gasteiger partial charge in [0.2, 0.25) is 0 Å². The highest BCUT2D eigenvalue weighted by atomic mass is 16.5. The number of carbonyl (C=O) groups is 2. The van der Waals surface area contributed by atoms with Crippen LogP contribution in [-0.4, -0.2) is 26.2 Å². The first-order valence-electron chi connectivity index (χ1n) is 4.37. The molecule has 0 fully saturated rings. The van der Waals surface area contributed by atoms with Gasteiger partial charge in [0, 0.05) is 11.4 Å². The summed E-state index contributed by atoms with van der Waals surface area (Å²) in [6.07, 6.45) is 0. The lowest BCUT2D eigenvalue weighted by atomic mass is 10.1. The molecule has 0 amide bonds. The normalized spacial score (nSPS) is 9.62. The summed E-state index contributed by atoms with van der Waals surface area (Å²) in [7, 11) is 2.44. The van der Waals surface area contributed by atoms with Gasteiger partial charge in [-0.1, -0.05) is 0 Å². The highest BCUT2D eigenvalue weighted by Gasteiger charge is 2.17. The van der Waals surface area contributed by atoms with Gasteiger partial charge in [-0.25, -0.2) is 9.59 Å². The van der Waals surface area contributed by atoms with E-state index < -0.39 is 11.9 Å². The van der Waals surface area contributed by atoms with E-state index >= 15 is 0 Å². The van der Waals surface area contributed by atoms with E-state index in [1.807, 2.05) is 0 Å². The molecule has 0 saturated carbocycles. The Morgan fingerprint density at radius 3 is 1.62 bits per heavy atom. The molecule has 4 N–H and O–H groups in total. The maximum atomic E-state index is 11.3. The van der Waals surface area contributed by atoms with E-state index in [0.717, 1.165) is 0 Å². The largest absolute Gasteiger partial charge is 0.465 e. The summed E-state index contributed by atoms with van der Waals surface area (Å²) in [5, 5.41) is 0. The van der Waals surface area contributed by atoms with E-state index in [2.05, 4.69) is 9.47 Å². The quantitative estimate of drug-likeness (QED) is 0.557. The van der Waals surface area contributed by atoms with Gasteiger partial charge >= 0.3 is 11.9 Å². The van der Waals surface area contributed by atoms with Gasteiger partial charge in [0.15, 0.2) is 0 Å². The molecule has 0 aliphatic heterocycles. The molecule has 0 aromatic heterocycles. The van der Waals surface area contributed by atoms with Crippen LogP contribution in [-0.2, 0) is 9.47 Å². The van der Waals surface area contributed by atoms with Gasteiger partial charge < -0.3 is 20.9 Å². The SMILES string of the molecule is COC(=O)c1cc(C(=O)OC)c(N)cc1N. The number of hydrogen-bond donors (Lipinski definition) is 2. The van der Waals surface area contributed by atoms with Gasteiger partial charge in [-0.05, 0) is 12.1 Å². The van der Waals surface area contributed by atoms with Crippen LogP contribution >= 0.6 is 0 Å². The minimum absolute atomic E-state index is 0.0806. The van der Waals surface area contributed by atoms with E-state index in [1.54, 1.807) is 0 Å². The van der Waals surface area contributed by atoms with Crippen LogP contribution in [0.15, 0.2) is 12.1 Å². The molecule has 0 spiro atoms. The third kappa shape index (κ3) is 2.05. The number of nitrogens with two attached hydrogens (primary N) is 2. The molecule has 6 heteroatoms. The molecule has 0 aliphatic carbocycles. The summed E-state index contributed by atoms with van der Waals surface area (Å²) in [6, 6.07) is 2.57. The van der Waals surface area contributed by atoms with Crippen molar-refractivity contribution in [2.45, 2.75) is 0 Å². The first-order chi connectivity index (χ1) is 7.51. The van der Waals surface area contributed by atoms with Crippen LogP contribution in [0.5, 0.6) is 0 Å². The molecule has 0 aliphatic rings. The summed E-state index contributed by atoms with van der Waals surface area (Å²) in [5.41, 5.74) is 11.6. The summed E-state index contributed by atoms with van der Waals surface area (Å²) < 4.78 is 9.03. The number of rotatable bonds is 2. The lowest BCUT2D eigenvalue weighted by Gasteiger charge is -2.08. The Labute approximate surface area is 92.1 Å². The second-order valence-electron chi connectivity index (χ2n) is 3.01. The summed E-state index contributed by atoms with van der Waals surface area (Å²) in [5.74, 6) is -1.27. The van der Waals surface area contributed by atoms with Crippen LogP contribution in [0.4, 0.5) is 11.4 Å². The van der Waals surface area contributed by atoms with Crippen molar-refractivity contribution >= 4 is 23.3 Å². The molecular weight excluding hydrogens is 212 g/mol. The molecular formula is C10H12N2O4. The molecule has 16 heavy (non-hydrogen) atoms. The first-order valence-corrected chi connectivity index (χ1v) is 4.37. The van der Waals surface area contributed by atoms with Crippen LogP contribution in [0.2, 0.25) is 0 Å². The Morgan fingerprint density at radius 2 is 1.31 bits per heavy atom. The zero-order valence-electron chi connectivity index (χ0n) is 8.94. The first kappa shape index (κ1) is 11.8. The highest BCUT2D eigenvalue weighted by molar-refractivity contribution is 6.02. The lowest BCUT2D eigenvalue weighted by molar-refractivity contribution is 0.0601. The number of nitrogen functional groups attached to an aromatic ring is 2. The number of esters is 2. The summed E-state index contributed by atoms with van der Waals surface area (Å²) in [4.78, 5) is 22.6. The monoisotopic (exact) mass is 224 g/mol. The van der Waals surface area contributed by atoms with E-state index in [0.29, 0.717) is 0 Å². The van der Waals surface area contributed by atoms with Crippen molar-refractivity contribution in [2.75, 3.05) is 25.7 Å². The van der Waals surface area contributed by atoms with Gasteiger partial charge in [0.25, 0.3) is 0 Å². The number of ether oxygens (including phenoxy) is 2. The lowest BCUT2D eigenvalue weighted by Crippen LogP contribution is -2.11. The summed E-state index contributed by atoms with van der Waals surface area (Å²) >= 11 is 0. The van der Waals surface area contributed by atoms with Crippen molar-refractivity contribution < 1.29 is 19.1 Å². The third-order valence-electron chi connectivity index (χ3n) is 2.03. The second kappa shape index (κ2) is 4.52. The molecule has 86 valence electrons. The van der Waals surface area contributed by atoms with Gasteiger partial charge in [-0.3, -0.25) is 0 Å². The fourth-order valence-corrected chi connectivity index (χ4v) is 1.21. The van der Waals surface area contributed by atoms with Crippen molar-refractivity contribution in [3.05, 3.63) is 23.3 Å². The molecule has 0 unspecified atom stereocenters. The minimum Gasteiger partial charge on any atom is -0.465 e. The van der Waals surface area contributed by atoms with Crippen LogP contribution in [0.1, 0.15) is 20.7 Å². The Bertz CT molecular complexity index is 405. The van der Waals surface area contributed by atoms with Crippen LogP contribution in [0.3, 0.4) is 0 Å².